The van der Waals surface area contributed by atoms with Gasteiger partial charge in [0.25, 0.3) is 0 Å². The van der Waals surface area contributed by atoms with E-state index in [4.69, 9.17) is 0 Å². The van der Waals surface area contributed by atoms with E-state index in [1.165, 1.54) is 12.2 Å². The van der Waals surface area contributed by atoms with Crippen molar-refractivity contribution in [2.24, 2.45) is 0 Å². The molecule has 4 heteroatoms. The Morgan fingerprint density at radius 2 is 1.50 bits per heavy atom. The van der Waals surface area contributed by atoms with Gasteiger partial charge in [-0.1, -0.05) is 24.3 Å². The number of rotatable bonds is 4. The molecule has 3 nitrogen and oxygen atoms in total. The van der Waals surface area contributed by atoms with E-state index in [2.05, 4.69) is 0 Å². The third-order valence-electron chi connectivity index (χ3n) is 3.87. The van der Waals surface area contributed by atoms with Gasteiger partial charge in [0.05, 0.1) is 0 Å². The molecule has 2 aromatic rings. The first-order chi connectivity index (χ1) is 10.2. The van der Waals surface area contributed by atoms with Crippen molar-refractivity contribution in [3.05, 3.63) is 63.7 Å². The second-order valence-corrected chi connectivity index (χ2v) is 8.63. The van der Waals surface area contributed by atoms with Crippen LogP contribution in [0.5, 0.6) is 5.75 Å². The highest BCUT2D eigenvalue weighted by atomic mass is 31.2. The van der Waals surface area contributed by atoms with E-state index in [1.54, 1.807) is 6.07 Å². The average Bonchev–Trinajstić information content (AvgIpc) is 2.36. The summed E-state index contributed by atoms with van der Waals surface area (Å²) in [5.41, 5.74) is 6.43. The van der Waals surface area contributed by atoms with Crippen LogP contribution in [-0.4, -0.2) is 16.7 Å². The Hall–Kier alpha value is -1.57. The third kappa shape index (κ3) is 4.22. The molecule has 1 unspecified atom stereocenters. The normalized spacial score (nSPS) is 13.9. The smallest absolute Gasteiger partial charge is 0.201 e. The number of aromatic hydroxyl groups is 1. The molecule has 22 heavy (non-hydrogen) atoms. The molecular formula is C18H23O3P. The molecule has 2 rings (SSSR count). The summed E-state index contributed by atoms with van der Waals surface area (Å²) < 4.78 is 11.6. The lowest BCUT2D eigenvalue weighted by Gasteiger charge is -2.14. The second kappa shape index (κ2) is 6.28. The maximum absolute atomic E-state index is 11.6. The van der Waals surface area contributed by atoms with Crippen LogP contribution in [0, 0.1) is 20.8 Å². The van der Waals surface area contributed by atoms with Gasteiger partial charge in [-0.2, -0.15) is 0 Å². The average molecular weight is 318 g/mol. The number of hydrogen-bond acceptors (Lipinski definition) is 2. The zero-order chi connectivity index (χ0) is 16.5. The van der Waals surface area contributed by atoms with Crippen LogP contribution in [0.4, 0.5) is 0 Å². The first-order valence-corrected chi connectivity index (χ1v) is 9.62. The van der Waals surface area contributed by atoms with E-state index < -0.39 is 7.37 Å². The highest BCUT2D eigenvalue weighted by Gasteiger charge is 2.13. The molecule has 0 aromatic heterocycles. The Morgan fingerprint density at radius 3 is 2.00 bits per heavy atom. The van der Waals surface area contributed by atoms with Crippen molar-refractivity contribution in [1.29, 1.82) is 0 Å². The number of aryl methyl sites for hydroxylation is 3. The minimum absolute atomic E-state index is 0.216. The van der Waals surface area contributed by atoms with Crippen LogP contribution in [0.25, 0.3) is 0 Å². The highest BCUT2D eigenvalue weighted by molar-refractivity contribution is 7.56. The number of phenols is 1. The van der Waals surface area contributed by atoms with Crippen molar-refractivity contribution in [3.8, 4) is 5.75 Å². The molecule has 0 fully saturated rings. The van der Waals surface area contributed by atoms with Gasteiger partial charge in [0.2, 0.25) is 7.37 Å². The predicted molar refractivity (Wildman–Crippen MR) is 91.0 cm³/mol. The van der Waals surface area contributed by atoms with Crippen LogP contribution in [0.1, 0.15) is 33.4 Å². The fraction of sp³-hybridized carbons (Fsp3) is 0.333. The SMILES string of the molecule is Cc1cc(Cc2c(C)cc(CP(C)(=O)O)cc2C)ccc1O. The van der Waals surface area contributed by atoms with E-state index in [0.717, 1.165) is 34.2 Å². The summed E-state index contributed by atoms with van der Waals surface area (Å²) in [5.74, 6) is 0.314. The molecule has 0 saturated carbocycles. The molecule has 0 amide bonds. The number of benzene rings is 2. The largest absolute Gasteiger partial charge is 0.508 e. The standard InChI is InChI=1S/C18H23O3P/c1-12-7-16(11-22(4,20)21)8-13(2)17(12)10-15-5-6-18(19)14(3)9-15/h5-9,19H,10-11H2,1-4H3,(H,20,21). The summed E-state index contributed by atoms with van der Waals surface area (Å²) in [6.07, 6.45) is 1.01. The molecule has 0 aliphatic rings. The van der Waals surface area contributed by atoms with E-state index in [0.29, 0.717) is 5.75 Å². The van der Waals surface area contributed by atoms with E-state index >= 15 is 0 Å². The highest BCUT2D eigenvalue weighted by Crippen LogP contribution is 2.40. The Labute approximate surface area is 132 Å². The molecule has 0 aliphatic carbocycles. The molecule has 1 atom stereocenters. The fourth-order valence-corrected chi connectivity index (χ4v) is 3.68. The van der Waals surface area contributed by atoms with Gasteiger partial charge >= 0.3 is 0 Å². The number of phenolic OH excluding ortho intramolecular Hbond substituents is 1. The van der Waals surface area contributed by atoms with Crippen molar-refractivity contribution in [2.75, 3.05) is 6.66 Å². The fourth-order valence-electron chi connectivity index (χ4n) is 2.82. The van der Waals surface area contributed by atoms with Crippen LogP contribution in [-0.2, 0) is 17.1 Å². The van der Waals surface area contributed by atoms with Crippen LogP contribution < -0.4 is 0 Å². The first-order valence-electron chi connectivity index (χ1n) is 7.32. The maximum Gasteiger partial charge on any atom is 0.201 e. The van der Waals surface area contributed by atoms with Crippen molar-refractivity contribution in [2.45, 2.75) is 33.4 Å². The zero-order valence-electron chi connectivity index (χ0n) is 13.6. The Kier molecular flexibility index (Phi) is 4.79. The second-order valence-electron chi connectivity index (χ2n) is 6.21. The zero-order valence-corrected chi connectivity index (χ0v) is 14.4. The predicted octanol–water partition coefficient (Wildman–Crippen LogP) is 4.31. The molecule has 0 heterocycles. The quantitative estimate of drug-likeness (QED) is 0.826. The van der Waals surface area contributed by atoms with Crippen molar-refractivity contribution < 1.29 is 14.6 Å². The van der Waals surface area contributed by atoms with Crippen LogP contribution in [0.2, 0.25) is 0 Å². The molecular weight excluding hydrogens is 295 g/mol. The molecule has 118 valence electrons. The van der Waals surface area contributed by atoms with Gasteiger partial charge in [0.1, 0.15) is 5.75 Å². The van der Waals surface area contributed by atoms with Crippen molar-refractivity contribution in [1.82, 2.24) is 0 Å². The first kappa shape index (κ1) is 16.8. The maximum atomic E-state index is 11.6. The summed E-state index contributed by atoms with van der Waals surface area (Å²) in [6.45, 7) is 7.36. The number of hydrogen-bond donors (Lipinski definition) is 2. The van der Waals surface area contributed by atoms with Gasteiger partial charge in [0, 0.05) is 12.8 Å². The molecule has 0 bridgehead atoms. The lowest BCUT2D eigenvalue weighted by molar-refractivity contribution is 0.471. The Morgan fingerprint density at radius 1 is 0.955 bits per heavy atom. The lowest BCUT2D eigenvalue weighted by Crippen LogP contribution is -1.99. The van der Waals surface area contributed by atoms with Gasteiger partial charge in [-0.15, -0.1) is 0 Å². The monoisotopic (exact) mass is 318 g/mol. The minimum Gasteiger partial charge on any atom is -0.508 e. The lowest BCUT2D eigenvalue weighted by atomic mass is 9.93. The van der Waals surface area contributed by atoms with Crippen LogP contribution in [0.15, 0.2) is 30.3 Å². The van der Waals surface area contributed by atoms with Gasteiger partial charge in [0.15, 0.2) is 0 Å². The molecule has 0 saturated heterocycles. The summed E-state index contributed by atoms with van der Waals surface area (Å²) in [6, 6.07) is 9.66. The summed E-state index contributed by atoms with van der Waals surface area (Å²) in [4.78, 5) is 9.55. The molecule has 0 radical (unpaired) electrons. The van der Waals surface area contributed by atoms with Crippen molar-refractivity contribution >= 4 is 7.37 Å². The third-order valence-corrected chi connectivity index (χ3v) is 4.83. The van der Waals surface area contributed by atoms with E-state index in [1.807, 2.05) is 45.0 Å². The van der Waals surface area contributed by atoms with Crippen LogP contribution in [0.3, 0.4) is 0 Å². The van der Waals surface area contributed by atoms with Gasteiger partial charge in [-0.25, -0.2) is 0 Å². The molecule has 2 aromatic carbocycles. The van der Waals surface area contributed by atoms with Gasteiger partial charge < -0.3 is 10.00 Å². The van der Waals surface area contributed by atoms with Crippen LogP contribution >= 0.6 is 7.37 Å². The topological polar surface area (TPSA) is 57.5 Å². The minimum atomic E-state index is -3.05. The van der Waals surface area contributed by atoms with Gasteiger partial charge in [-0.05, 0) is 66.6 Å². The molecule has 0 spiro atoms. The van der Waals surface area contributed by atoms with Gasteiger partial charge in [-0.3, -0.25) is 4.57 Å². The molecule has 2 N–H and O–H groups in total. The summed E-state index contributed by atoms with van der Waals surface area (Å²) in [7, 11) is -3.05. The summed E-state index contributed by atoms with van der Waals surface area (Å²) >= 11 is 0. The summed E-state index contributed by atoms with van der Waals surface area (Å²) in [5, 5.41) is 9.61. The Balaban J connectivity index is 2.32. The Bertz CT molecular complexity index is 721. The van der Waals surface area contributed by atoms with E-state index in [-0.39, 0.29) is 6.16 Å². The molecule has 0 aliphatic heterocycles. The van der Waals surface area contributed by atoms with Crippen molar-refractivity contribution in [3.63, 3.8) is 0 Å². The van der Waals surface area contributed by atoms with E-state index in [9.17, 15) is 14.6 Å².